The van der Waals surface area contributed by atoms with Crippen molar-refractivity contribution in [3.05, 3.63) is 0 Å². The molecule has 0 saturated carbocycles. The zero-order valence-corrected chi connectivity index (χ0v) is 12.8. The van der Waals surface area contributed by atoms with Crippen LogP contribution in [0.25, 0.3) is 0 Å². The molecule has 1 aliphatic heterocycles. The lowest BCUT2D eigenvalue weighted by molar-refractivity contribution is 0.0130. The molecule has 1 rings (SSSR count). The van der Waals surface area contributed by atoms with Crippen LogP contribution in [0.3, 0.4) is 0 Å². The lowest BCUT2D eigenvalue weighted by atomic mass is 10.1. The maximum atomic E-state index is 9.87. The molecule has 0 amide bonds. The van der Waals surface area contributed by atoms with E-state index >= 15 is 0 Å². The quantitative estimate of drug-likeness (QED) is 0.329. The number of rotatable bonds is 11. The Bertz CT molecular complexity index is 250. The van der Waals surface area contributed by atoms with Crippen molar-refractivity contribution in [2.75, 3.05) is 26.4 Å². The van der Waals surface area contributed by atoms with Gasteiger partial charge >= 0.3 is 0 Å². The lowest BCUT2D eigenvalue weighted by Gasteiger charge is -2.28. The second-order valence-corrected chi connectivity index (χ2v) is 5.92. The summed E-state index contributed by atoms with van der Waals surface area (Å²) < 4.78 is 0. The molecule has 0 aromatic carbocycles. The third-order valence-corrected chi connectivity index (χ3v) is 4.44. The van der Waals surface area contributed by atoms with Crippen LogP contribution < -0.4 is 0 Å². The molecule has 1 fully saturated rings. The minimum Gasteiger partial charge on any atom is -0.396 e. The molecule has 0 radical (unpaired) electrons. The normalized spacial score (nSPS) is 30.1. The molecular formula is C15H31NO5. The maximum absolute atomic E-state index is 9.87. The van der Waals surface area contributed by atoms with Crippen molar-refractivity contribution in [3.8, 4) is 0 Å². The van der Waals surface area contributed by atoms with Crippen molar-refractivity contribution in [2.24, 2.45) is 0 Å². The van der Waals surface area contributed by atoms with Crippen molar-refractivity contribution < 1.29 is 25.5 Å². The number of nitrogens with zero attached hydrogens (tertiary/aromatic N) is 1. The van der Waals surface area contributed by atoms with Crippen LogP contribution in [0, 0.1) is 0 Å². The zero-order valence-electron chi connectivity index (χ0n) is 12.8. The van der Waals surface area contributed by atoms with Gasteiger partial charge in [0.25, 0.3) is 0 Å². The summed E-state index contributed by atoms with van der Waals surface area (Å²) >= 11 is 0. The van der Waals surface area contributed by atoms with E-state index in [-0.39, 0.29) is 19.8 Å². The van der Waals surface area contributed by atoms with E-state index in [0.29, 0.717) is 6.54 Å². The van der Waals surface area contributed by atoms with Gasteiger partial charge in [-0.25, -0.2) is 0 Å². The Balaban J connectivity index is 2.23. The van der Waals surface area contributed by atoms with Gasteiger partial charge in [-0.05, 0) is 19.4 Å². The van der Waals surface area contributed by atoms with Crippen LogP contribution in [0.5, 0.6) is 0 Å². The Morgan fingerprint density at radius 1 is 0.619 bits per heavy atom. The predicted molar refractivity (Wildman–Crippen MR) is 79.9 cm³/mol. The minimum absolute atomic E-state index is 0.212. The molecule has 1 heterocycles. The van der Waals surface area contributed by atoms with Crippen LogP contribution in [0.2, 0.25) is 0 Å². The van der Waals surface area contributed by atoms with E-state index in [1.54, 1.807) is 0 Å². The van der Waals surface area contributed by atoms with Gasteiger partial charge in [-0.3, -0.25) is 4.90 Å². The molecule has 0 aliphatic carbocycles. The summed E-state index contributed by atoms with van der Waals surface area (Å²) in [7, 11) is 0. The molecule has 0 aromatic heterocycles. The second-order valence-electron chi connectivity index (χ2n) is 5.92. The molecule has 4 unspecified atom stereocenters. The molecule has 6 heteroatoms. The summed E-state index contributed by atoms with van der Waals surface area (Å²) in [5, 5.41) is 47.1. The fourth-order valence-corrected chi connectivity index (χ4v) is 3.14. The number of aliphatic hydroxyl groups is 5. The van der Waals surface area contributed by atoms with E-state index in [9.17, 15) is 20.4 Å². The van der Waals surface area contributed by atoms with Gasteiger partial charge in [-0.1, -0.05) is 32.1 Å². The summed E-state index contributed by atoms with van der Waals surface area (Å²) in [6, 6.07) is -0.969. The highest BCUT2D eigenvalue weighted by Crippen LogP contribution is 2.25. The highest BCUT2D eigenvalue weighted by atomic mass is 16.3. The van der Waals surface area contributed by atoms with E-state index in [1.807, 2.05) is 4.90 Å². The van der Waals surface area contributed by atoms with Crippen molar-refractivity contribution >= 4 is 0 Å². The first kappa shape index (κ1) is 18.8. The van der Waals surface area contributed by atoms with Crippen molar-refractivity contribution in [3.63, 3.8) is 0 Å². The molecular weight excluding hydrogens is 274 g/mol. The molecule has 0 spiro atoms. The lowest BCUT2D eigenvalue weighted by Crippen LogP contribution is -2.43. The highest BCUT2D eigenvalue weighted by Gasteiger charge is 2.46. The molecule has 6 nitrogen and oxygen atoms in total. The second kappa shape index (κ2) is 10.5. The van der Waals surface area contributed by atoms with Crippen LogP contribution in [0.15, 0.2) is 0 Å². The fourth-order valence-electron chi connectivity index (χ4n) is 3.14. The molecule has 5 N–H and O–H groups in total. The van der Waals surface area contributed by atoms with Gasteiger partial charge < -0.3 is 25.5 Å². The molecule has 0 aromatic rings. The van der Waals surface area contributed by atoms with E-state index in [0.717, 1.165) is 44.9 Å². The van der Waals surface area contributed by atoms with E-state index in [1.165, 1.54) is 0 Å². The number of unbranched alkanes of at least 4 members (excludes halogenated alkanes) is 6. The average Bonchev–Trinajstić information content (AvgIpc) is 2.72. The van der Waals surface area contributed by atoms with Crippen molar-refractivity contribution in [1.29, 1.82) is 0 Å². The Kier molecular flexibility index (Phi) is 9.39. The van der Waals surface area contributed by atoms with E-state index in [2.05, 4.69) is 0 Å². The topological polar surface area (TPSA) is 104 Å². The average molecular weight is 305 g/mol. The molecule has 1 saturated heterocycles. The van der Waals surface area contributed by atoms with Gasteiger partial charge in [0.1, 0.15) is 0 Å². The van der Waals surface area contributed by atoms with Crippen LogP contribution in [0.1, 0.15) is 44.9 Å². The number of hydrogen-bond donors (Lipinski definition) is 5. The number of aliphatic hydroxyl groups excluding tert-OH is 5. The minimum atomic E-state index is -0.995. The third-order valence-electron chi connectivity index (χ3n) is 4.44. The molecule has 1 aliphatic rings. The Morgan fingerprint density at radius 2 is 1.05 bits per heavy atom. The van der Waals surface area contributed by atoms with Gasteiger partial charge in [-0.15, -0.1) is 0 Å². The summed E-state index contributed by atoms with van der Waals surface area (Å²) in [6.45, 7) is 0.512. The van der Waals surface area contributed by atoms with Crippen LogP contribution in [0.4, 0.5) is 0 Å². The summed E-state index contributed by atoms with van der Waals surface area (Å²) in [5.74, 6) is 0. The van der Waals surface area contributed by atoms with Crippen LogP contribution in [-0.4, -0.2) is 81.1 Å². The van der Waals surface area contributed by atoms with E-state index in [4.69, 9.17) is 5.11 Å². The molecule has 126 valence electrons. The third kappa shape index (κ3) is 5.47. The Morgan fingerprint density at radius 3 is 1.48 bits per heavy atom. The van der Waals surface area contributed by atoms with Crippen molar-refractivity contribution in [2.45, 2.75) is 69.2 Å². The first-order valence-electron chi connectivity index (χ1n) is 8.11. The molecule has 4 atom stereocenters. The molecule has 21 heavy (non-hydrogen) atoms. The van der Waals surface area contributed by atoms with Crippen LogP contribution >= 0.6 is 0 Å². The number of hydrogen-bond acceptors (Lipinski definition) is 6. The van der Waals surface area contributed by atoms with Crippen LogP contribution in [-0.2, 0) is 0 Å². The standard InChI is InChI=1S/C15H31NO5/c17-9-7-5-3-1-2-4-6-8-16-12(10-18)14(20)15(21)13(16)11-19/h12-15,17-21H,1-11H2. The van der Waals surface area contributed by atoms with Gasteiger partial charge in [0, 0.05) is 6.61 Å². The largest absolute Gasteiger partial charge is 0.396 e. The van der Waals surface area contributed by atoms with E-state index < -0.39 is 24.3 Å². The van der Waals surface area contributed by atoms with Gasteiger partial charge in [0.05, 0.1) is 37.5 Å². The Labute approximate surface area is 127 Å². The fraction of sp³-hybridized carbons (Fsp3) is 1.00. The summed E-state index contributed by atoms with van der Waals surface area (Å²) in [5.41, 5.74) is 0. The monoisotopic (exact) mass is 305 g/mol. The van der Waals surface area contributed by atoms with Gasteiger partial charge in [-0.2, -0.15) is 0 Å². The molecule has 0 bridgehead atoms. The predicted octanol–water partition coefficient (Wildman–Crippen LogP) is -0.531. The Hall–Kier alpha value is -0.240. The first-order valence-corrected chi connectivity index (χ1v) is 8.11. The zero-order chi connectivity index (χ0) is 15.7. The number of likely N-dealkylation sites (tertiary alicyclic amines) is 1. The first-order chi connectivity index (χ1) is 10.2. The van der Waals surface area contributed by atoms with Gasteiger partial charge in [0.15, 0.2) is 0 Å². The smallest absolute Gasteiger partial charge is 0.0992 e. The van der Waals surface area contributed by atoms with Gasteiger partial charge in [0.2, 0.25) is 0 Å². The summed E-state index contributed by atoms with van der Waals surface area (Å²) in [6.07, 6.45) is 5.34. The van der Waals surface area contributed by atoms with Crippen molar-refractivity contribution in [1.82, 2.24) is 4.90 Å². The maximum Gasteiger partial charge on any atom is 0.0992 e. The highest BCUT2D eigenvalue weighted by molar-refractivity contribution is 5.00. The SMILES string of the molecule is OCCCCCCCCCN1C(CO)C(O)C(O)C1CO. The summed E-state index contributed by atoms with van der Waals surface area (Å²) in [4.78, 5) is 1.83.